The van der Waals surface area contributed by atoms with E-state index in [9.17, 15) is 4.79 Å². The molecule has 132 valence electrons. The second-order valence-corrected chi connectivity index (χ2v) is 5.00. The van der Waals surface area contributed by atoms with Gasteiger partial charge in [0, 0.05) is 26.0 Å². The number of ether oxygens (including phenoxy) is 1. The molecule has 1 aromatic carbocycles. The Morgan fingerprint density at radius 1 is 1.17 bits per heavy atom. The van der Waals surface area contributed by atoms with E-state index < -0.39 is 0 Å². The minimum Gasteiger partial charge on any atom is -0.380 e. The number of hydrogen-bond donors (Lipinski definition) is 2. The number of carbonyl (C=O) groups is 1. The van der Waals surface area contributed by atoms with Gasteiger partial charge in [0.15, 0.2) is 0 Å². The zero-order valence-corrected chi connectivity index (χ0v) is 15.1. The number of amides is 1. The lowest BCUT2D eigenvalue weighted by molar-refractivity contribution is -0.123. The van der Waals surface area contributed by atoms with Gasteiger partial charge in [-0.25, -0.2) is 0 Å². The lowest BCUT2D eigenvalue weighted by Crippen LogP contribution is -2.34. The van der Waals surface area contributed by atoms with E-state index in [0.29, 0.717) is 6.54 Å². The summed E-state index contributed by atoms with van der Waals surface area (Å²) in [6.07, 6.45) is 3.43. The smallest absolute Gasteiger partial charge is 0.223 e. The number of nitrogens with one attached hydrogen (secondary N) is 1. The predicted molar refractivity (Wildman–Crippen MR) is 99.6 cm³/mol. The lowest BCUT2D eigenvalue weighted by atomic mass is 10.00. The molecule has 1 amide bonds. The van der Waals surface area contributed by atoms with E-state index >= 15 is 0 Å². The average Bonchev–Trinajstić information content (AvgIpc) is 2.59. The maximum Gasteiger partial charge on any atom is 0.223 e. The third kappa shape index (κ3) is 6.45. The van der Waals surface area contributed by atoms with Crippen LogP contribution in [0, 0.1) is 0 Å². The van der Waals surface area contributed by atoms with Crippen LogP contribution in [0.5, 0.6) is 0 Å². The normalized spacial score (nSPS) is 12.2. The monoisotopic (exact) mass is 371 g/mol. The largest absolute Gasteiger partial charge is 0.380 e. The van der Waals surface area contributed by atoms with E-state index in [0.717, 1.165) is 11.1 Å². The molecule has 0 spiro atoms. The van der Waals surface area contributed by atoms with Crippen LogP contribution in [0.2, 0.25) is 0 Å². The Bertz CT molecular complexity index is 541. The Kier molecular flexibility index (Phi) is 11.0. The van der Waals surface area contributed by atoms with Crippen molar-refractivity contribution < 1.29 is 9.53 Å². The highest BCUT2D eigenvalue weighted by molar-refractivity contribution is 5.85. The van der Waals surface area contributed by atoms with Crippen molar-refractivity contribution in [3.8, 4) is 0 Å². The summed E-state index contributed by atoms with van der Waals surface area (Å²) in [5.41, 5.74) is 7.51. The van der Waals surface area contributed by atoms with Gasteiger partial charge < -0.3 is 15.8 Å². The zero-order valence-electron chi connectivity index (χ0n) is 13.4. The Hall–Kier alpha value is -1.66. The number of halogens is 2. The summed E-state index contributed by atoms with van der Waals surface area (Å²) in [5.74, 6) is -0.102. The SMILES string of the molecule is COC(CN)CC(=O)NC(c1ccccc1)c1cccnc1.Cl.Cl. The van der Waals surface area contributed by atoms with Gasteiger partial charge in [0.2, 0.25) is 5.91 Å². The predicted octanol–water partition coefficient (Wildman–Crippen LogP) is 2.49. The summed E-state index contributed by atoms with van der Waals surface area (Å²) in [7, 11) is 1.56. The molecule has 0 saturated carbocycles. The van der Waals surface area contributed by atoms with Crippen LogP contribution in [-0.2, 0) is 9.53 Å². The Morgan fingerprint density at radius 3 is 2.38 bits per heavy atom. The maximum atomic E-state index is 12.3. The molecule has 2 aromatic rings. The Labute approximate surface area is 154 Å². The molecule has 0 bridgehead atoms. The standard InChI is InChI=1S/C17H21N3O2.2ClH/c1-22-15(11-18)10-16(21)20-17(13-6-3-2-4-7-13)14-8-5-9-19-12-14;;/h2-9,12,15,17H,10-11,18H2,1H3,(H,20,21);2*1H. The molecule has 3 N–H and O–H groups in total. The van der Waals surface area contributed by atoms with Crippen LogP contribution < -0.4 is 11.1 Å². The van der Waals surface area contributed by atoms with Crippen LogP contribution in [0.3, 0.4) is 0 Å². The van der Waals surface area contributed by atoms with E-state index in [1.807, 2.05) is 42.5 Å². The van der Waals surface area contributed by atoms with Gasteiger partial charge in [-0.05, 0) is 17.2 Å². The highest BCUT2D eigenvalue weighted by Crippen LogP contribution is 2.21. The summed E-state index contributed by atoms with van der Waals surface area (Å²) in [6, 6.07) is 13.4. The van der Waals surface area contributed by atoms with E-state index in [1.54, 1.807) is 19.5 Å². The van der Waals surface area contributed by atoms with Crippen molar-refractivity contribution in [1.29, 1.82) is 0 Å². The van der Waals surface area contributed by atoms with Gasteiger partial charge in [-0.1, -0.05) is 36.4 Å². The molecule has 0 saturated heterocycles. The molecule has 2 unspecified atom stereocenters. The first-order valence-corrected chi connectivity index (χ1v) is 7.21. The highest BCUT2D eigenvalue weighted by Gasteiger charge is 2.19. The Balaban J connectivity index is 0.00000264. The van der Waals surface area contributed by atoms with Crippen molar-refractivity contribution in [1.82, 2.24) is 10.3 Å². The summed E-state index contributed by atoms with van der Waals surface area (Å²) >= 11 is 0. The zero-order chi connectivity index (χ0) is 15.8. The first-order chi connectivity index (χ1) is 10.7. The Morgan fingerprint density at radius 2 is 1.83 bits per heavy atom. The van der Waals surface area contributed by atoms with E-state index in [1.165, 1.54) is 0 Å². The van der Waals surface area contributed by atoms with E-state index in [2.05, 4.69) is 10.3 Å². The van der Waals surface area contributed by atoms with Gasteiger partial charge in [-0.2, -0.15) is 0 Å². The number of hydrogen-bond acceptors (Lipinski definition) is 4. The van der Waals surface area contributed by atoms with Crippen molar-refractivity contribution in [2.45, 2.75) is 18.6 Å². The fraction of sp³-hybridized carbons (Fsp3) is 0.294. The number of pyridine rings is 1. The molecular weight excluding hydrogens is 349 g/mol. The van der Waals surface area contributed by atoms with Crippen LogP contribution in [0.4, 0.5) is 0 Å². The summed E-state index contributed by atoms with van der Waals surface area (Å²) in [6.45, 7) is 0.312. The molecule has 0 fully saturated rings. The number of aromatic nitrogens is 1. The number of rotatable bonds is 7. The lowest BCUT2D eigenvalue weighted by Gasteiger charge is -2.21. The quantitative estimate of drug-likeness (QED) is 0.783. The number of nitrogens with zero attached hydrogens (tertiary/aromatic N) is 1. The number of nitrogens with two attached hydrogens (primary N) is 1. The molecule has 24 heavy (non-hydrogen) atoms. The number of carbonyl (C=O) groups excluding carboxylic acids is 1. The van der Waals surface area contributed by atoms with Crippen molar-refractivity contribution in [3.63, 3.8) is 0 Å². The van der Waals surface area contributed by atoms with E-state index in [-0.39, 0.29) is 49.3 Å². The molecule has 0 aliphatic carbocycles. The van der Waals surface area contributed by atoms with Crippen LogP contribution in [0.15, 0.2) is 54.9 Å². The maximum absolute atomic E-state index is 12.3. The third-order valence-corrected chi connectivity index (χ3v) is 3.47. The summed E-state index contributed by atoms with van der Waals surface area (Å²) in [5, 5.41) is 3.03. The van der Waals surface area contributed by atoms with E-state index in [4.69, 9.17) is 10.5 Å². The van der Waals surface area contributed by atoms with Crippen molar-refractivity contribution in [3.05, 3.63) is 66.0 Å². The second kappa shape index (κ2) is 11.8. The molecule has 1 heterocycles. The molecule has 0 aliphatic rings. The number of benzene rings is 1. The molecular formula is C17H23Cl2N3O2. The third-order valence-electron chi connectivity index (χ3n) is 3.47. The first-order valence-electron chi connectivity index (χ1n) is 7.21. The molecule has 2 atom stereocenters. The molecule has 7 heteroatoms. The van der Waals surface area contributed by atoms with Crippen molar-refractivity contribution in [2.24, 2.45) is 5.73 Å². The minimum absolute atomic E-state index is 0. The first kappa shape index (κ1) is 22.3. The average molecular weight is 372 g/mol. The fourth-order valence-corrected chi connectivity index (χ4v) is 2.24. The van der Waals surface area contributed by atoms with Crippen molar-refractivity contribution >= 4 is 30.7 Å². The molecule has 0 aliphatic heterocycles. The van der Waals surface area contributed by atoms with Gasteiger partial charge in [0.05, 0.1) is 18.6 Å². The molecule has 0 radical (unpaired) electrons. The summed E-state index contributed by atoms with van der Waals surface area (Å²) in [4.78, 5) is 16.4. The van der Waals surface area contributed by atoms with Crippen LogP contribution in [0.1, 0.15) is 23.6 Å². The van der Waals surface area contributed by atoms with Gasteiger partial charge in [-0.15, -0.1) is 24.8 Å². The van der Waals surface area contributed by atoms with Crippen LogP contribution in [-0.4, -0.2) is 30.6 Å². The number of methoxy groups -OCH3 is 1. The minimum atomic E-state index is -0.273. The van der Waals surface area contributed by atoms with Gasteiger partial charge in [0.1, 0.15) is 0 Å². The van der Waals surface area contributed by atoms with Crippen LogP contribution in [0.25, 0.3) is 0 Å². The van der Waals surface area contributed by atoms with Gasteiger partial charge in [0.25, 0.3) is 0 Å². The molecule has 1 aromatic heterocycles. The van der Waals surface area contributed by atoms with Crippen LogP contribution >= 0.6 is 24.8 Å². The summed E-state index contributed by atoms with van der Waals surface area (Å²) < 4.78 is 5.16. The fourth-order valence-electron chi connectivity index (χ4n) is 2.24. The molecule has 2 rings (SSSR count). The molecule has 5 nitrogen and oxygen atoms in total. The highest BCUT2D eigenvalue weighted by atomic mass is 35.5. The van der Waals surface area contributed by atoms with Gasteiger partial charge in [-0.3, -0.25) is 9.78 Å². The van der Waals surface area contributed by atoms with Gasteiger partial charge >= 0.3 is 0 Å². The second-order valence-electron chi connectivity index (χ2n) is 5.00. The topological polar surface area (TPSA) is 77.2 Å². The van der Waals surface area contributed by atoms with Crippen molar-refractivity contribution in [2.75, 3.05) is 13.7 Å².